The zero-order valence-corrected chi connectivity index (χ0v) is 39.3. The SMILES string of the molecule is c1ccc(-c2ccc(-n3c4ccccc4c4cccc(-n5c6cc(-n7c8ccccc8c8ccccc87)ccc6c6ccc([Si](c7ccccc7)(c7ccccc7)c7ccccc7)cc65)c43)cc2)cc1. The van der Waals surface area contributed by atoms with Crippen molar-refractivity contribution in [1.82, 2.24) is 13.7 Å². The highest BCUT2D eigenvalue weighted by Crippen LogP contribution is 2.41. The Hall–Kier alpha value is -8.96. The van der Waals surface area contributed by atoms with Crippen molar-refractivity contribution in [2.24, 2.45) is 0 Å². The van der Waals surface area contributed by atoms with Crippen LogP contribution in [-0.2, 0) is 0 Å². The molecule has 0 saturated carbocycles. The fourth-order valence-electron chi connectivity index (χ4n) is 11.8. The van der Waals surface area contributed by atoms with Crippen molar-refractivity contribution in [3.8, 4) is 28.2 Å². The molecule has 70 heavy (non-hydrogen) atoms. The summed E-state index contributed by atoms with van der Waals surface area (Å²) in [4.78, 5) is 0. The maximum Gasteiger partial charge on any atom is 0.179 e. The number of hydrogen-bond acceptors (Lipinski definition) is 0. The molecule has 11 aromatic carbocycles. The van der Waals surface area contributed by atoms with Gasteiger partial charge in [-0.25, -0.2) is 0 Å². The monoisotopic (exact) mass is 907 g/mol. The second kappa shape index (κ2) is 16.1. The van der Waals surface area contributed by atoms with E-state index < -0.39 is 8.07 Å². The van der Waals surface area contributed by atoms with Gasteiger partial charge in [-0.15, -0.1) is 0 Å². The van der Waals surface area contributed by atoms with E-state index in [1.807, 2.05) is 0 Å². The Balaban J connectivity index is 1.12. The standard InChI is InChI=1S/C66H45N3Si/c1-5-20-46(21-6-1)47-36-38-48(39-37-47)68-62-34-18-15-30-56(62)59-31-19-35-63(66(59)68)69-64-44-49(67-60-32-16-13-28-54(60)55-29-14-17-33-61(55)67)40-42-57(64)58-43-41-53(45-65(58)69)70(50-22-7-2-8-23-50,51-24-9-3-10-25-51)52-26-11-4-12-27-52/h1-45H. The Bertz CT molecular complexity index is 4110. The molecule has 0 atom stereocenters. The first-order valence-corrected chi connectivity index (χ1v) is 26.2. The lowest BCUT2D eigenvalue weighted by Crippen LogP contribution is -2.74. The Morgan fingerprint density at radius 3 is 1.21 bits per heavy atom. The van der Waals surface area contributed by atoms with Gasteiger partial charge in [0.1, 0.15) is 0 Å². The van der Waals surface area contributed by atoms with Crippen LogP contribution < -0.4 is 20.7 Å². The number of hydrogen-bond donors (Lipinski definition) is 0. The van der Waals surface area contributed by atoms with Gasteiger partial charge < -0.3 is 13.7 Å². The average molecular weight is 908 g/mol. The Kier molecular flexibility index (Phi) is 9.23. The number of aromatic nitrogens is 3. The van der Waals surface area contributed by atoms with E-state index in [1.165, 1.54) is 91.8 Å². The molecule has 0 N–H and O–H groups in total. The van der Waals surface area contributed by atoms with Crippen molar-refractivity contribution in [3.05, 3.63) is 273 Å². The molecule has 0 aliphatic carbocycles. The van der Waals surface area contributed by atoms with Crippen LogP contribution in [0.5, 0.6) is 0 Å². The molecule has 0 unspecified atom stereocenters. The molecule has 0 fully saturated rings. The summed E-state index contributed by atoms with van der Waals surface area (Å²) in [5.74, 6) is 0. The maximum atomic E-state index is 2.59. The number of benzene rings is 11. The summed E-state index contributed by atoms with van der Waals surface area (Å²) < 4.78 is 7.52. The predicted molar refractivity (Wildman–Crippen MR) is 299 cm³/mol. The van der Waals surface area contributed by atoms with Gasteiger partial charge in [-0.3, -0.25) is 0 Å². The fraction of sp³-hybridized carbons (Fsp3) is 0. The minimum atomic E-state index is -2.91. The van der Waals surface area contributed by atoms with Gasteiger partial charge in [-0.2, -0.15) is 0 Å². The Morgan fingerprint density at radius 2 is 0.643 bits per heavy atom. The zero-order chi connectivity index (χ0) is 46.2. The third-order valence-electron chi connectivity index (χ3n) is 14.8. The molecular weight excluding hydrogens is 863 g/mol. The Morgan fingerprint density at radius 1 is 0.229 bits per heavy atom. The first kappa shape index (κ1) is 40.1. The predicted octanol–water partition coefficient (Wildman–Crippen LogP) is 14.0. The smallest absolute Gasteiger partial charge is 0.179 e. The van der Waals surface area contributed by atoms with E-state index in [-0.39, 0.29) is 0 Å². The van der Waals surface area contributed by atoms with E-state index in [9.17, 15) is 0 Å². The van der Waals surface area contributed by atoms with Crippen LogP contribution in [0.25, 0.3) is 93.6 Å². The lowest BCUT2D eigenvalue weighted by atomic mass is 10.1. The summed E-state index contributed by atoms with van der Waals surface area (Å²) in [6, 6.07) is 101. The lowest BCUT2D eigenvalue weighted by Gasteiger charge is -2.34. The third kappa shape index (κ3) is 6.00. The van der Waals surface area contributed by atoms with Crippen molar-refractivity contribution in [3.63, 3.8) is 0 Å². The molecule has 3 aromatic heterocycles. The summed E-state index contributed by atoms with van der Waals surface area (Å²) >= 11 is 0. The fourth-order valence-corrected chi connectivity index (χ4v) is 16.6. The van der Waals surface area contributed by atoms with Crippen molar-refractivity contribution < 1.29 is 0 Å². The topological polar surface area (TPSA) is 14.8 Å². The molecule has 0 bridgehead atoms. The largest absolute Gasteiger partial charge is 0.309 e. The minimum absolute atomic E-state index is 1.12. The van der Waals surface area contributed by atoms with Gasteiger partial charge in [0, 0.05) is 43.7 Å². The van der Waals surface area contributed by atoms with Gasteiger partial charge in [0.25, 0.3) is 0 Å². The van der Waals surface area contributed by atoms with Crippen LogP contribution in [0.4, 0.5) is 0 Å². The molecule has 0 radical (unpaired) electrons. The molecular formula is C66H45N3Si. The number of rotatable bonds is 8. The summed E-state index contributed by atoms with van der Waals surface area (Å²) in [5, 5.41) is 12.8. The van der Waals surface area contributed by atoms with Crippen LogP contribution >= 0.6 is 0 Å². The quantitative estimate of drug-likeness (QED) is 0.107. The molecule has 0 aliphatic rings. The first-order chi connectivity index (χ1) is 34.8. The van der Waals surface area contributed by atoms with E-state index in [0.717, 1.165) is 22.6 Å². The molecule has 3 nitrogen and oxygen atoms in total. The van der Waals surface area contributed by atoms with E-state index in [1.54, 1.807) is 0 Å². The molecule has 328 valence electrons. The van der Waals surface area contributed by atoms with Crippen LogP contribution in [0, 0.1) is 0 Å². The highest BCUT2D eigenvalue weighted by Gasteiger charge is 2.41. The normalized spacial score (nSPS) is 12.0. The Labute approximate surface area is 407 Å². The van der Waals surface area contributed by atoms with Crippen LogP contribution in [0.3, 0.4) is 0 Å². The van der Waals surface area contributed by atoms with Crippen LogP contribution in [0.15, 0.2) is 273 Å². The first-order valence-electron chi connectivity index (χ1n) is 24.2. The molecule has 3 heterocycles. The van der Waals surface area contributed by atoms with Gasteiger partial charge in [0.2, 0.25) is 0 Å². The highest BCUT2D eigenvalue weighted by molar-refractivity contribution is 7.20. The zero-order valence-electron chi connectivity index (χ0n) is 38.3. The third-order valence-corrected chi connectivity index (χ3v) is 19.6. The molecule has 4 heteroatoms. The molecule has 0 saturated heterocycles. The highest BCUT2D eigenvalue weighted by atomic mass is 28.3. The lowest BCUT2D eigenvalue weighted by molar-refractivity contribution is 1.13. The molecule has 14 rings (SSSR count). The van der Waals surface area contributed by atoms with Gasteiger partial charge in [0.05, 0.1) is 38.8 Å². The van der Waals surface area contributed by atoms with Crippen molar-refractivity contribution in [2.75, 3.05) is 0 Å². The van der Waals surface area contributed by atoms with Crippen LogP contribution in [-0.4, -0.2) is 21.8 Å². The van der Waals surface area contributed by atoms with Gasteiger partial charge >= 0.3 is 0 Å². The van der Waals surface area contributed by atoms with Crippen molar-refractivity contribution in [1.29, 1.82) is 0 Å². The number of fused-ring (bicyclic) bond motifs is 9. The second-order valence-corrected chi connectivity index (χ2v) is 22.2. The number of nitrogens with zero attached hydrogens (tertiary/aromatic N) is 3. The van der Waals surface area contributed by atoms with E-state index >= 15 is 0 Å². The van der Waals surface area contributed by atoms with Gasteiger partial charge in [0.15, 0.2) is 8.07 Å². The average Bonchev–Trinajstić information content (AvgIpc) is 4.08. The van der Waals surface area contributed by atoms with Gasteiger partial charge in [-0.1, -0.05) is 218 Å². The summed E-state index contributed by atoms with van der Waals surface area (Å²) in [7, 11) is -2.91. The van der Waals surface area contributed by atoms with Crippen LogP contribution in [0.2, 0.25) is 0 Å². The molecule has 0 spiro atoms. The number of para-hydroxylation sites is 4. The van der Waals surface area contributed by atoms with Crippen molar-refractivity contribution >= 4 is 94.2 Å². The molecule has 14 aromatic rings. The molecule has 0 aliphatic heterocycles. The summed E-state index contributed by atoms with van der Waals surface area (Å²) in [5.41, 5.74) is 12.8. The molecule has 0 amide bonds. The maximum absolute atomic E-state index is 2.91. The second-order valence-electron chi connectivity index (χ2n) is 18.4. The summed E-state index contributed by atoms with van der Waals surface area (Å²) in [6.45, 7) is 0. The van der Waals surface area contributed by atoms with E-state index in [2.05, 4.69) is 287 Å². The van der Waals surface area contributed by atoms with E-state index in [4.69, 9.17) is 0 Å². The van der Waals surface area contributed by atoms with Crippen molar-refractivity contribution in [2.45, 2.75) is 0 Å². The van der Waals surface area contributed by atoms with E-state index in [0.29, 0.717) is 0 Å². The summed E-state index contributed by atoms with van der Waals surface area (Å²) in [6.07, 6.45) is 0. The van der Waals surface area contributed by atoms with Crippen LogP contribution in [0.1, 0.15) is 0 Å². The minimum Gasteiger partial charge on any atom is -0.309 e. The van der Waals surface area contributed by atoms with Gasteiger partial charge in [-0.05, 0) is 86.5 Å².